The van der Waals surface area contributed by atoms with Crippen molar-refractivity contribution in [1.82, 2.24) is 4.57 Å². The summed E-state index contributed by atoms with van der Waals surface area (Å²) in [7, 11) is 0. The molecule has 114 valence electrons. The van der Waals surface area contributed by atoms with Crippen molar-refractivity contribution in [2.45, 2.75) is 58.9 Å². The first kappa shape index (κ1) is 15.6. The number of benzene rings is 1. The topological polar surface area (TPSA) is 42.2 Å². The van der Waals surface area contributed by atoms with Gasteiger partial charge in [-0.05, 0) is 35.1 Å². The fraction of sp³-hybridized carbons (Fsp3) is 0.500. The molecule has 0 amide bonds. The van der Waals surface area contributed by atoms with Crippen LogP contribution in [0.1, 0.15) is 51.7 Å². The lowest BCUT2D eigenvalue weighted by Gasteiger charge is -2.19. The Kier molecular flexibility index (Phi) is 4.40. The van der Waals surface area contributed by atoms with Gasteiger partial charge in [0.25, 0.3) is 0 Å². The lowest BCUT2D eigenvalue weighted by atomic mass is 9.86. The molecular weight excluding hydrogens is 262 g/mol. The van der Waals surface area contributed by atoms with Gasteiger partial charge in [0, 0.05) is 23.6 Å². The van der Waals surface area contributed by atoms with Crippen LogP contribution in [-0.4, -0.2) is 15.6 Å². The second kappa shape index (κ2) is 5.92. The van der Waals surface area contributed by atoms with Crippen LogP contribution in [0, 0.1) is 0 Å². The van der Waals surface area contributed by atoms with Crippen molar-refractivity contribution >= 4 is 16.9 Å². The van der Waals surface area contributed by atoms with Gasteiger partial charge in [-0.1, -0.05) is 40.2 Å². The van der Waals surface area contributed by atoms with Gasteiger partial charge in [0.05, 0.1) is 6.42 Å². The van der Waals surface area contributed by atoms with E-state index in [1.54, 1.807) is 0 Å². The average molecular weight is 287 g/mol. The van der Waals surface area contributed by atoms with Gasteiger partial charge in [-0.25, -0.2) is 0 Å². The van der Waals surface area contributed by atoms with Crippen molar-refractivity contribution in [2.75, 3.05) is 0 Å². The molecule has 1 heterocycles. The maximum atomic E-state index is 11.1. The van der Waals surface area contributed by atoms with Gasteiger partial charge in [-0.15, -0.1) is 0 Å². The maximum Gasteiger partial charge on any atom is 0.307 e. The lowest BCUT2D eigenvalue weighted by molar-refractivity contribution is -0.136. The second-order valence-corrected chi connectivity index (χ2v) is 6.75. The number of hydrogen-bond donors (Lipinski definition) is 1. The Bertz CT molecular complexity index is 647. The van der Waals surface area contributed by atoms with E-state index in [1.807, 2.05) is 6.20 Å². The molecule has 1 N–H and O–H groups in total. The third-order valence-electron chi connectivity index (χ3n) is 3.92. The van der Waals surface area contributed by atoms with Crippen LogP contribution in [0.25, 0.3) is 10.9 Å². The van der Waals surface area contributed by atoms with E-state index in [4.69, 9.17) is 5.11 Å². The molecule has 0 aliphatic carbocycles. The van der Waals surface area contributed by atoms with Crippen LogP contribution < -0.4 is 0 Å². The number of carboxylic acid groups (broad SMARTS) is 1. The molecule has 0 saturated carbocycles. The molecule has 1 aromatic heterocycles. The number of nitrogens with zero attached hydrogens (tertiary/aromatic N) is 1. The van der Waals surface area contributed by atoms with Crippen molar-refractivity contribution in [2.24, 2.45) is 0 Å². The van der Waals surface area contributed by atoms with Crippen LogP contribution in [0.15, 0.2) is 24.4 Å². The van der Waals surface area contributed by atoms with E-state index in [0.717, 1.165) is 35.9 Å². The standard InChI is InChI=1S/C18H25NO2/c1-5-6-9-19-12-13(10-17(20)21)15-11-14(18(2,3)4)7-8-16(15)19/h7-8,11-12H,5-6,9-10H2,1-4H3,(H,20,21). The predicted molar refractivity (Wildman–Crippen MR) is 86.9 cm³/mol. The normalized spacial score (nSPS) is 12.0. The Balaban J connectivity index is 2.55. The Morgan fingerprint density at radius 3 is 2.57 bits per heavy atom. The largest absolute Gasteiger partial charge is 0.481 e. The van der Waals surface area contributed by atoms with Gasteiger partial charge in [0.2, 0.25) is 0 Å². The molecule has 1 aromatic carbocycles. The summed E-state index contributed by atoms with van der Waals surface area (Å²) in [5.41, 5.74) is 3.38. The molecule has 0 spiro atoms. The molecule has 0 unspecified atom stereocenters. The molecule has 0 aliphatic heterocycles. The number of unbranched alkanes of at least 4 members (excludes halogenated alkanes) is 1. The van der Waals surface area contributed by atoms with Crippen LogP contribution in [0.5, 0.6) is 0 Å². The fourth-order valence-corrected chi connectivity index (χ4v) is 2.65. The molecule has 3 heteroatoms. The molecule has 0 radical (unpaired) electrons. The number of aliphatic carboxylic acids is 1. The number of hydrogen-bond acceptors (Lipinski definition) is 1. The number of aryl methyl sites for hydroxylation is 1. The van der Waals surface area contributed by atoms with E-state index < -0.39 is 5.97 Å². The monoisotopic (exact) mass is 287 g/mol. The molecular formula is C18H25NO2. The minimum absolute atomic E-state index is 0.0696. The number of rotatable bonds is 5. The second-order valence-electron chi connectivity index (χ2n) is 6.75. The summed E-state index contributed by atoms with van der Waals surface area (Å²) < 4.78 is 2.20. The van der Waals surface area contributed by atoms with E-state index in [1.165, 1.54) is 5.56 Å². The summed E-state index contributed by atoms with van der Waals surface area (Å²) in [6.07, 6.45) is 4.34. The number of aromatic nitrogens is 1. The van der Waals surface area contributed by atoms with Crippen LogP contribution in [0.3, 0.4) is 0 Å². The van der Waals surface area contributed by atoms with E-state index in [-0.39, 0.29) is 11.8 Å². The van der Waals surface area contributed by atoms with E-state index in [2.05, 4.69) is 50.5 Å². The molecule has 0 fully saturated rings. The maximum absolute atomic E-state index is 11.1. The van der Waals surface area contributed by atoms with Gasteiger partial charge in [-0.3, -0.25) is 4.79 Å². The van der Waals surface area contributed by atoms with E-state index in [9.17, 15) is 4.79 Å². The Morgan fingerprint density at radius 1 is 1.29 bits per heavy atom. The van der Waals surface area contributed by atoms with Gasteiger partial charge in [-0.2, -0.15) is 0 Å². The predicted octanol–water partition coefficient (Wildman–Crippen LogP) is 4.37. The highest BCUT2D eigenvalue weighted by atomic mass is 16.4. The molecule has 21 heavy (non-hydrogen) atoms. The van der Waals surface area contributed by atoms with E-state index in [0.29, 0.717) is 0 Å². The zero-order valence-electron chi connectivity index (χ0n) is 13.4. The summed E-state index contributed by atoms with van der Waals surface area (Å²) in [6.45, 7) is 9.65. The number of fused-ring (bicyclic) bond motifs is 1. The average Bonchev–Trinajstić information content (AvgIpc) is 2.72. The smallest absolute Gasteiger partial charge is 0.307 e. The summed E-state index contributed by atoms with van der Waals surface area (Å²) >= 11 is 0. The molecule has 2 aromatic rings. The summed E-state index contributed by atoms with van der Waals surface area (Å²) in [6, 6.07) is 6.46. The van der Waals surface area contributed by atoms with Crippen molar-refractivity contribution in [3.8, 4) is 0 Å². The quantitative estimate of drug-likeness (QED) is 0.887. The van der Waals surface area contributed by atoms with Crippen molar-refractivity contribution in [1.29, 1.82) is 0 Å². The molecule has 0 aliphatic rings. The fourth-order valence-electron chi connectivity index (χ4n) is 2.65. The Morgan fingerprint density at radius 2 is 2.00 bits per heavy atom. The van der Waals surface area contributed by atoms with Gasteiger partial charge in [0.15, 0.2) is 0 Å². The number of carbonyl (C=O) groups is 1. The first-order valence-electron chi connectivity index (χ1n) is 7.67. The zero-order chi connectivity index (χ0) is 15.6. The number of carboxylic acids is 1. The molecule has 0 atom stereocenters. The summed E-state index contributed by atoms with van der Waals surface area (Å²) in [4.78, 5) is 11.1. The summed E-state index contributed by atoms with van der Waals surface area (Å²) in [5.74, 6) is -0.772. The van der Waals surface area contributed by atoms with Crippen LogP contribution in [-0.2, 0) is 23.2 Å². The van der Waals surface area contributed by atoms with Crippen molar-refractivity contribution in [3.05, 3.63) is 35.5 Å². The Hall–Kier alpha value is -1.77. The van der Waals surface area contributed by atoms with Crippen LogP contribution in [0.4, 0.5) is 0 Å². The molecule has 2 rings (SSSR count). The third-order valence-corrected chi connectivity index (χ3v) is 3.92. The Labute approximate surface area is 126 Å². The highest BCUT2D eigenvalue weighted by molar-refractivity contribution is 5.88. The first-order chi connectivity index (χ1) is 9.82. The highest BCUT2D eigenvalue weighted by Crippen LogP contribution is 2.29. The molecule has 0 bridgehead atoms. The lowest BCUT2D eigenvalue weighted by Crippen LogP contribution is -2.10. The minimum atomic E-state index is -0.772. The van der Waals surface area contributed by atoms with E-state index >= 15 is 0 Å². The zero-order valence-corrected chi connectivity index (χ0v) is 13.4. The van der Waals surface area contributed by atoms with Crippen LogP contribution >= 0.6 is 0 Å². The van der Waals surface area contributed by atoms with Crippen molar-refractivity contribution in [3.63, 3.8) is 0 Å². The third kappa shape index (κ3) is 3.46. The van der Waals surface area contributed by atoms with Gasteiger partial charge >= 0.3 is 5.97 Å². The summed E-state index contributed by atoms with van der Waals surface area (Å²) in [5, 5.41) is 10.2. The minimum Gasteiger partial charge on any atom is -0.481 e. The van der Waals surface area contributed by atoms with Crippen LogP contribution in [0.2, 0.25) is 0 Å². The first-order valence-corrected chi connectivity index (χ1v) is 7.67. The molecule has 3 nitrogen and oxygen atoms in total. The van der Waals surface area contributed by atoms with Gasteiger partial charge < -0.3 is 9.67 Å². The molecule has 0 saturated heterocycles. The SMILES string of the molecule is CCCCn1cc(CC(=O)O)c2cc(C(C)(C)C)ccc21. The van der Waals surface area contributed by atoms with Crippen molar-refractivity contribution < 1.29 is 9.90 Å². The van der Waals surface area contributed by atoms with Gasteiger partial charge in [0.1, 0.15) is 0 Å². The highest BCUT2D eigenvalue weighted by Gasteiger charge is 2.17.